The van der Waals surface area contributed by atoms with Crippen LogP contribution in [0.4, 0.5) is 0 Å². The van der Waals surface area contributed by atoms with Gasteiger partial charge in [0.15, 0.2) is 0 Å². The quantitative estimate of drug-likeness (QED) is 0.554. The highest BCUT2D eigenvalue weighted by molar-refractivity contribution is 4.86. The first-order valence-electron chi connectivity index (χ1n) is 3.87. The number of rotatable bonds is 2. The summed E-state index contributed by atoms with van der Waals surface area (Å²) < 4.78 is 0. The van der Waals surface area contributed by atoms with Gasteiger partial charge in [0.05, 0.1) is 6.10 Å². The van der Waals surface area contributed by atoms with Gasteiger partial charge in [-0.15, -0.1) is 6.58 Å². The van der Waals surface area contributed by atoms with Crippen LogP contribution >= 0.6 is 0 Å². The van der Waals surface area contributed by atoms with Crippen molar-refractivity contribution in [3.8, 4) is 0 Å². The Kier molecular flexibility index (Phi) is 2.90. The van der Waals surface area contributed by atoms with Gasteiger partial charge >= 0.3 is 0 Å². The van der Waals surface area contributed by atoms with Crippen molar-refractivity contribution in [3.63, 3.8) is 0 Å². The van der Waals surface area contributed by atoms with Crippen LogP contribution in [0.2, 0.25) is 0 Å². The highest BCUT2D eigenvalue weighted by Gasteiger charge is 2.20. The minimum absolute atomic E-state index is 0.160. The molecule has 1 heterocycles. The van der Waals surface area contributed by atoms with E-state index >= 15 is 0 Å². The van der Waals surface area contributed by atoms with Crippen LogP contribution in [0.3, 0.4) is 0 Å². The maximum atomic E-state index is 9.39. The standard InChI is InChI=1S/C8H15NO/c1-2-4-7-8(10)5-3-6-9-7/h2,7-10H,1,3-6H2/t7-,8+/m0/s1. The molecule has 2 N–H and O–H groups in total. The summed E-state index contributed by atoms with van der Waals surface area (Å²) >= 11 is 0. The summed E-state index contributed by atoms with van der Waals surface area (Å²) in [5.74, 6) is 0. The van der Waals surface area contributed by atoms with Gasteiger partial charge in [-0.2, -0.15) is 0 Å². The molecule has 0 unspecified atom stereocenters. The van der Waals surface area contributed by atoms with Crippen molar-refractivity contribution >= 4 is 0 Å². The first kappa shape index (κ1) is 7.76. The van der Waals surface area contributed by atoms with Gasteiger partial charge in [0.25, 0.3) is 0 Å². The molecule has 1 saturated heterocycles. The number of aliphatic hydroxyl groups is 1. The van der Waals surface area contributed by atoms with E-state index in [0.717, 1.165) is 25.8 Å². The van der Waals surface area contributed by atoms with Gasteiger partial charge in [0, 0.05) is 6.04 Å². The molecule has 0 radical (unpaired) electrons. The van der Waals surface area contributed by atoms with Gasteiger partial charge in [-0.3, -0.25) is 0 Å². The monoisotopic (exact) mass is 141 g/mol. The highest BCUT2D eigenvalue weighted by atomic mass is 16.3. The van der Waals surface area contributed by atoms with E-state index in [0.29, 0.717) is 0 Å². The first-order chi connectivity index (χ1) is 4.84. The van der Waals surface area contributed by atoms with Gasteiger partial charge in [0.2, 0.25) is 0 Å². The van der Waals surface area contributed by atoms with Crippen molar-refractivity contribution in [1.29, 1.82) is 0 Å². The molecule has 1 aliphatic rings. The number of hydrogen-bond donors (Lipinski definition) is 2. The average molecular weight is 141 g/mol. The topological polar surface area (TPSA) is 32.3 Å². The molecule has 1 rings (SSSR count). The van der Waals surface area contributed by atoms with Crippen molar-refractivity contribution in [1.82, 2.24) is 5.32 Å². The van der Waals surface area contributed by atoms with E-state index in [2.05, 4.69) is 11.9 Å². The maximum absolute atomic E-state index is 9.39. The molecule has 0 aromatic carbocycles. The van der Waals surface area contributed by atoms with Crippen molar-refractivity contribution in [2.24, 2.45) is 0 Å². The minimum atomic E-state index is -0.160. The second-order valence-corrected chi connectivity index (χ2v) is 2.79. The second kappa shape index (κ2) is 3.74. The van der Waals surface area contributed by atoms with Crippen LogP contribution in [-0.2, 0) is 0 Å². The Hall–Kier alpha value is -0.340. The average Bonchev–Trinajstić information content (AvgIpc) is 1.94. The lowest BCUT2D eigenvalue weighted by Gasteiger charge is -2.27. The third-order valence-corrected chi connectivity index (χ3v) is 1.97. The molecule has 58 valence electrons. The molecule has 2 nitrogen and oxygen atoms in total. The minimum Gasteiger partial charge on any atom is -0.391 e. The highest BCUT2D eigenvalue weighted by Crippen LogP contribution is 2.10. The fourth-order valence-electron chi connectivity index (χ4n) is 1.36. The van der Waals surface area contributed by atoms with E-state index < -0.39 is 0 Å². The van der Waals surface area contributed by atoms with Crippen molar-refractivity contribution < 1.29 is 5.11 Å². The van der Waals surface area contributed by atoms with Crippen LogP contribution in [0.1, 0.15) is 19.3 Å². The molecule has 0 bridgehead atoms. The summed E-state index contributed by atoms with van der Waals surface area (Å²) in [5.41, 5.74) is 0. The number of aliphatic hydroxyl groups excluding tert-OH is 1. The molecule has 0 aromatic heterocycles. The van der Waals surface area contributed by atoms with E-state index in [1.54, 1.807) is 0 Å². The molecule has 0 saturated carbocycles. The molecular weight excluding hydrogens is 126 g/mol. The molecule has 0 aromatic rings. The summed E-state index contributed by atoms with van der Waals surface area (Å²) in [7, 11) is 0. The lowest BCUT2D eigenvalue weighted by atomic mass is 9.99. The number of piperidine rings is 1. The summed E-state index contributed by atoms with van der Waals surface area (Å²) in [6, 6.07) is 0.256. The maximum Gasteiger partial charge on any atom is 0.0696 e. The Balaban J connectivity index is 2.32. The van der Waals surface area contributed by atoms with Crippen LogP contribution in [0.25, 0.3) is 0 Å². The normalized spacial score (nSPS) is 33.7. The first-order valence-corrected chi connectivity index (χ1v) is 3.87. The summed E-state index contributed by atoms with van der Waals surface area (Å²) in [6.07, 6.45) is 4.60. The third kappa shape index (κ3) is 1.82. The van der Waals surface area contributed by atoms with Crippen LogP contribution < -0.4 is 5.32 Å². The Bertz CT molecular complexity index is 114. The Morgan fingerprint density at radius 1 is 1.70 bits per heavy atom. The second-order valence-electron chi connectivity index (χ2n) is 2.79. The smallest absolute Gasteiger partial charge is 0.0696 e. The molecule has 10 heavy (non-hydrogen) atoms. The Labute approximate surface area is 61.9 Å². The van der Waals surface area contributed by atoms with Crippen molar-refractivity contribution in [2.75, 3.05) is 6.54 Å². The van der Waals surface area contributed by atoms with Crippen molar-refractivity contribution in [3.05, 3.63) is 12.7 Å². The van der Waals surface area contributed by atoms with Gasteiger partial charge < -0.3 is 10.4 Å². The number of hydrogen-bond acceptors (Lipinski definition) is 2. The lowest BCUT2D eigenvalue weighted by Crippen LogP contribution is -2.44. The largest absolute Gasteiger partial charge is 0.391 e. The van der Waals surface area contributed by atoms with Gasteiger partial charge in [0.1, 0.15) is 0 Å². The number of nitrogens with one attached hydrogen (secondary N) is 1. The molecule has 0 amide bonds. The zero-order chi connectivity index (χ0) is 7.40. The van der Waals surface area contributed by atoms with Crippen LogP contribution in [-0.4, -0.2) is 23.8 Å². The van der Waals surface area contributed by atoms with E-state index in [9.17, 15) is 5.11 Å². The Morgan fingerprint density at radius 2 is 2.50 bits per heavy atom. The SMILES string of the molecule is C=CC[C@@H]1NCCC[C@H]1O. The predicted molar refractivity (Wildman–Crippen MR) is 41.8 cm³/mol. The van der Waals surface area contributed by atoms with Crippen molar-refractivity contribution in [2.45, 2.75) is 31.4 Å². The van der Waals surface area contributed by atoms with Crippen LogP contribution in [0.5, 0.6) is 0 Å². The third-order valence-electron chi connectivity index (χ3n) is 1.97. The molecule has 2 heteroatoms. The summed E-state index contributed by atoms with van der Waals surface area (Å²) in [6.45, 7) is 4.68. The molecule has 0 spiro atoms. The van der Waals surface area contributed by atoms with E-state index in [1.165, 1.54) is 0 Å². The molecule has 0 aliphatic carbocycles. The van der Waals surface area contributed by atoms with E-state index in [1.807, 2.05) is 6.08 Å². The molecule has 2 atom stereocenters. The molecule has 1 aliphatic heterocycles. The van der Waals surface area contributed by atoms with Crippen LogP contribution in [0, 0.1) is 0 Å². The van der Waals surface area contributed by atoms with Gasteiger partial charge in [-0.25, -0.2) is 0 Å². The fraction of sp³-hybridized carbons (Fsp3) is 0.750. The predicted octanol–water partition coefficient (Wildman–Crippen LogP) is 0.675. The van der Waals surface area contributed by atoms with Gasteiger partial charge in [-0.1, -0.05) is 6.08 Å². The van der Waals surface area contributed by atoms with Crippen LogP contribution in [0.15, 0.2) is 12.7 Å². The Morgan fingerprint density at radius 3 is 3.10 bits per heavy atom. The zero-order valence-corrected chi connectivity index (χ0v) is 6.21. The summed E-state index contributed by atoms with van der Waals surface area (Å²) in [5, 5.41) is 12.6. The summed E-state index contributed by atoms with van der Waals surface area (Å²) in [4.78, 5) is 0. The zero-order valence-electron chi connectivity index (χ0n) is 6.21. The molecular formula is C8H15NO. The van der Waals surface area contributed by atoms with E-state index in [-0.39, 0.29) is 12.1 Å². The van der Waals surface area contributed by atoms with E-state index in [4.69, 9.17) is 0 Å². The molecule has 1 fully saturated rings. The van der Waals surface area contributed by atoms with Gasteiger partial charge in [-0.05, 0) is 25.8 Å². The fourth-order valence-corrected chi connectivity index (χ4v) is 1.36. The lowest BCUT2D eigenvalue weighted by molar-refractivity contribution is 0.0976.